The summed E-state index contributed by atoms with van der Waals surface area (Å²) in [6, 6.07) is 3.24. The minimum absolute atomic E-state index is 0.241. The molecule has 1 saturated heterocycles. The molecule has 6 nitrogen and oxygen atoms in total. The Morgan fingerprint density at radius 2 is 2.11 bits per heavy atom. The first kappa shape index (κ1) is 13.8. The third-order valence-electron chi connectivity index (χ3n) is 3.09. The number of amides is 2. The number of nitrogens with one attached hydrogen (secondary N) is 1. The molecular formula is C12H14BrN3O3. The van der Waals surface area contributed by atoms with Gasteiger partial charge in [-0.3, -0.25) is 10.1 Å². The van der Waals surface area contributed by atoms with E-state index in [0.29, 0.717) is 31.7 Å². The number of carbonyl (C=O) groups excluding carboxylic acids is 1. The van der Waals surface area contributed by atoms with E-state index in [1.807, 2.05) is 0 Å². The zero-order valence-electron chi connectivity index (χ0n) is 10.2. The van der Waals surface area contributed by atoms with Gasteiger partial charge in [0.05, 0.1) is 5.92 Å². The van der Waals surface area contributed by atoms with Crippen molar-refractivity contribution in [3.63, 3.8) is 0 Å². The smallest absolute Gasteiger partial charge is 0.323 e. The van der Waals surface area contributed by atoms with Crippen LogP contribution >= 0.6 is 15.9 Å². The van der Waals surface area contributed by atoms with Crippen molar-refractivity contribution in [1.82, 2.24) is 9.88 Å². The Hall–Kier alpha value is -1.63. The number of piperidine rings is 1. The first-order valence-electron chi connectivity index (χ1n) is 5.96. The van der Waals surface area contributed by atoms with Gasteiger partial charge in [-0.1, -0.05) is 15.9 Å². The highest BCUT2D eigenvalue weighted by Crippen LogP contribution is 2.18. The second kappa shape index (κ2) is 6.01. The van der Waals surface area contributed by atoms with Gasteiger partial charge in [-0.05, 0) is 25.0 Å². The minimum Gasteiger partial charge on any atom is -0.481 e. The number of carboxylic acids is 1. The summed E-state index contributed by atoms with van der Waals surface area (Å²) in [7, 11) is 0. The lowest BCUT2D eigenvalue weighted by Gasteiger charge is -2.29. The van der Waals surface area contributed by atoms with E-state index in [2.05, 4.69) is 26.2 Å². The normalized spacial score (nSPS) is 16.2. The zero-order valence-corrected chi connectivity index (χ0v) is 11.8. The fourth-order valence-electron chi connectivity index (χ4n) is 1.99. The standard InChI is InChI=1S/C12H14BrN3O3/c13-9-1-4-14-10(7-9)15-12(19)16-5-2-8(3-6-16)11(17)18/h1,4,7-8H,2-3,5-6H2,(H,17,18)(H,14,15,19). The van der Waals surface area contributed by atoms with Gasteiger partial charge in [0.2, 0.25) is 0 Å². The number of carbonyl (C=O) groups is 2. The van der Waals surface area contributed by atoms with Gasteiger partial charge in [0.25, 0.3) is 0 Å². The van der Waals surface area contributed by atoms with Crippen LogP contribution in [0.4, 0.5) is 10.6 Å². The number of aromatic nitrogens is 1. The van der Waals surface area contributed by atoms with Crippen molar-refractivity contribution >= 4 is 33.7 Å². The molecule has 2 amide bonds. The molecule has 1 aliphatic rings. The van der Waals surface area contributed by atoms with E-state index in [1.54, 1.807) is 23.2 Å². The Morgan fingerprint density at radius 1 is 1.42 bits per heavy atom. The van der Waals surface area contributed by atoms with E-state index < -0.39 is 5.97 Å². The SMILES string of the molecule is O=C(O)C1CCN(C(=O)Nc2cc(Br)ccn2)CC1. The number of carboxylic acid groups (broad SMARTS) is 1. The van der Waals surface area contributed by atoms with Crippen LogP contribution in [0.5, 0.6) is 0 Å². The summed E-state index contributed by atoms with van der Waals surface area (Å²) in [5, 5.41) is 11.6. The molecule has 0 aliphatic carbocycles. The summed E-state index contributed by atoms with van der Waals surface area (Å²) < 4.78 is 0.836. The maximum atomic E-state index is 12.0. The molecule has 0 atom stereocenters. The van der Waals surface area contributed by atoms with Gasteiger partial charge in [-0.2, -0.15) is 0 Å². The molecule has 102 valence electrons. The molecule has 0 saturated carbocycles. The van der Waals surface area contributed by atoms with Crippen molar-refractivity contribution in [1.29, 1.82) is 0 Å². The van der Waals surface area contributed by atoms with Crippen LogP contribution in [-0.4, -0.2) is 40.1 Å². The van der Waals surface area contributed by atoms with Crippen LogP contribution in [-0.2, 0) is 4.79 Å². The van der Waals surface area contributed by atoms with Crippen LogP contribution in [0, 0.1) is 5.92 Å². The van der Waals surface area contributed by atoms with Crippen LogP contribution < -0.4 is 5.32 Å². The van der Waals surface area contributed by atoms with Gasteiger partial charge in [-0.15, -0.1) is 0 Å². The number of rotatable bonds is 2. The Labute approximate surface area is 118 Å². The summed E-state index contributed by atoms with van der Waals surface area (Å²) in [4.78, 5) is 28.4. The van der Waals surface area contributed by atoms with Crippen molar-refractivity contribution in [3.05, 3.63) is 22.8 Å². The second-order valence-corrected chi connectivity index (χ2v) is 5.30. The van der Waals surface area contributed by atoms with Crippen LogP contribution in [0.25, 0.3) is 0 Å². The molecule has 0 spiro atoms. The Kier molecular flexibility index (Phi) is 4.36. The van der Waals surface area contributed by atoms with E-state index in [9.17, 15) is 9.59 Å². The first-order valence-corrected chi connectivity index (χ1v) is 6.76. The molecule has 0 radical (unpaired) electrons. The number of anilines is 1. The maximum Gasteiger partial charge on any atom is 0.323 e. The lowest BCUT2D eigenvalue weighted by atomic mass is 9.97. The minimum atomic E-state index is -0.784. The van der Waals surface area contributed by atoms with Crippen molar-refractivity contribution < 1.29 is 14.7 Å². The molecule has 2 heterocycles. The van der Waals surface area contributed by atoms with Crippen molar-refractivity contribution in [3.8, 4) is 0 Å². The second-order valence-electron chi connectivity index (χ2n) is 4.39. The topological polar surface area (TPSA) is 82.5 Å². The molecule has 7 heteroatoms. The fraction of sp³-hybridized carbons (Fsp3) is 0.417. The van der Waals surface area contributed by atoms with Gasteiger partial charge in [0.15, 0.2) is 0 Å². The Balaban J connectivity index is 1.90. The van der Waals surface area contributed by atoms with E-state index in [1.165, 1.54) is 0 Å². The van der Waals surface area contributed by atoms with E-state index in [-0.39, 0.29) is 11.9 Å². The molecule has 2 N–H and O–H groups in total. The van der Waals surface area contributed by atoms with Gasteiger partial charge >= 0.3 is 12.0 Å². The highest BCUT2D eigenvalue weighted by Gasteiger charge is 2.27. The summed E-state index contributed by atoms with van der Waals surface area (Å²) >= 11 is 3.30. The van der Waals surface area contributed by atoms with E-state index in [0.717, 1.165) is 4.47 Å². The number of hydrogen-bond donors (Lipinski definition) is 2. The molecule has 0 bridgehead atoms. The molecule has 1 fully saturated rings. The fourth-order valence-corrected chi connectivity index (χ4v) is 2.33. The molecule has 0 aromatic carbocycles. The van der Waals surface area contributed by atoms with Gasteiger partial charge in [0, 0.05) is 23.8 Å². The molecule has 19 heavy (non-hydrogen) atoms. The summed E-state index contributed by atoms with van der Waals surface area (Å²) in [5.74, 6) is -0.651. The average molecular weight is 328 g/mol. The van der Waals surface area contributed by atoms with Crippen LogP contribution in [0.3, 0.4) is 0 Å². The predicted octanol–water partition coefficient (Wildman–Crippen LogP) is 2.17. The van der Waals surface area contributed by atoms with Gasteiger partial charge in [-0.25, -0.2) is 9.78 Å². The third kappa shape index (κ3) is 3.66. The molecular weight excluding hydrogens is 314 g/mol. The largest absolute Gasteiger partial charge is 0.481 e. The van der Waals surface area contributed by atoms with Gasteiger partial charge in [0.1, 0.15) is 5.82 Å². The molecule has 1 aromatic rings. The number of urea groups is 1. The van der Waals surface area contributed by atoms with Crippen molar-refractivity contribution in [2.24, 2.45) is 5.92 Å². The highest BCUT2D eigenvalue weighted by molar-refractivity contribution is 9.10. The quantitative estimate of drug-likeness (QED) is 0.872. The maximum absolute atomic E-state index is 12.0. The third-order valence-corrected chi connectivity index (χ3v) is 3.58. The summed E-state index contributed by atoms with van der Waals surface area (Å²) in [6.45, 7) is 0.910. The Bertz CT molecular complexity index is 487. The zero-order chi connectivity index (χ0) is 13.8. The van der Waals surface area contributed by atoms with Crippen molar-refractivity contribution in [2.45, 2.75) is 12.8 Å². The van der Waals surface area contributed by atoms with Crippen LogP contribution in [0.2, 0.25) is 0 Å². The summed E-state index contributed by atoms with van der Waals surface area (Å²) in [5.41, 5.74) is 0. The van der Waals surface area contributed by atoms with Gasteiger partial charge < -0.3 is 10.0 Å². The number of hydrogen-bond acceptors (Lipinski definition) is 3. The lowest BCUT2D eigenvalue weighted by molar-refractivity contribution is -0.143. The summed E-state index contributed by atoms with van der Waals surface area (Å²) in [6.07, 6.45) is 2.58. The van der Waals surface area contributed by atoms with Crippen LogP contribution in [0.1, 0.15) is 12.8 Å². The van der Waals surface area contributed by atoms with Crippen LogP contribution in [0.15, 0.2) is 22.8 Å². The number of aliphatic carboxylic acids is 1. The molecule has 0 unspecified atom stereocenters. The molecule has 1 aromatic heterocycles. The number of likely N-dealkylation sites (tertiary alicyclic amines) is 1. The number of pyridine rings is 1. The van der Waals surface area contributed by atoms with E-state index in [4.69, 9.17) is 5.11 Å². The highest BCUT2D eigenvalue weighted by atomic mass is 79.9. The number of halogens is 1. The Morgan fingerprint density at radius 3 is 2.68 bits per heavy atom. The monoisotopic (exact) mass is 327 g/mol. The van der Waals surface area contributed by atoms with E-state index >= 15 is 0 Å². The lowest BCUT2D eigenvalue weighted by Crippen LogP contribution is -2.42. The molecule has 1 aliphatic heterocycles. The number of nitrogens with zero attached hydrogens (tertiary/aromatic N) is 2. The van der Waals surface area contributed by atoms with Crippen molar-refractivity contribution in [2.75, 3.05) is 18.4 Å². The average Bonchev–Trinajstić information content (AvgIpc) is 2.39. The first-order chi connectivity index (χ1) is 9.06. The predicted molar refractivity (Wildman–Crippen MR) is 72.9 cm³/mol. The molecule has 2 rings (SSSR count).